The molecule has 0 spiro atoms. The van der Waals surface area contributed by atoms with Crippen LogP contribution in [-0.4, -0.2) is 9.55 Å². The topological polar surface area (TPSA) is 34.9 Å². The van der Waals surface area contributed by atoms with Gasteiger partial charge in [0.25, 0.3) is 5.56 Å². The van der Waals surface area contributed by atoms with Crippen LogP contribution in [0.2, 0.25) is 0 Å². The van der Waals surface area contributed by atoms with E-state index in [1.807, 2.05) is 32.0 Å². The molecule has 3 nitrogen and oxygen atoms in total. The molecule has 106 valence electrons. The molecule has 3 heteroatoms. The van der Waals surface area contributed by atoms with E-state index in [0.717, 1.165) is 16.8 Å². The fourth-order valence-corrected chi connectivity index (χ4v) is 2.49. The standard InChI is InChI=1S/C18H18N2O/c1-13-11-16(6-5-15-3-4-15)12-18(21)20(13)14(2)17-7-9-19-10-8-17/h7-12,14-15H,3-4H2,1-2H3/t14-/m1/s1. The first-order valence-corrected chi connectivity index (χ1v) is 7.30. The van der Waals surface area contributed by atoms with Gasteiger partial charge in [0, 0.05) is 35.6 Å². The van der Waals surface area contributed by atoms with Crippen LogP contribution in [-0.2, 0) is 0 Å². The second kappa shape index (κ2) is 5.57. The van der Waals surface area contributed by atoms with Gasteiger partial charge in [0.2, 0.25) is 0 Å². The fraction of sp³-hybridized carbons (Fsp3) is 0.333. The molecule has 21 heavy (non-hydrogen) atoms. The van der Waals surface area contributed by atoms with Gasteiger partial charge in [0.1, 0.15) is 0 Å². The van der Waals surface area contributed by atoms with E-state index in [4.69, 9.17) is 0 Å². The predicted molar refractivity (Wildman–Crippen MR) is 83.1 cm³/mol. The first-order valence-electron chi connectivity index (χ1n) is 7.30. The van der Waals surface area contributed by atoms with E-state index >= 15 is 0 Å². The molecule has 1 saturated carbocycles. The highest BCUT2D eigenvalue weighted by Crippen LogP contribution is 2.27. The zero-order valence-electron chi connectivity index (χ0n) is 12.3. The Kier molecular flexibility index (Phi) is 3.62. The van der Waals surface area contributed by atoms with Gasteiger partial charge in [-0.15, -0.1) is 0 Å². The van der Waals surface area contributed by atoms with Crippen LogP contribution >= 0.6 is 0 Å². The van der Waals surface area contributed by atoms with Crippen molar-refractivity contribution in [3.8, 4) is 11.8 Å². The van der Waals surface area contributed by atoms with Gasteiger partial charge in [-0.1, -0.05) is 11.8 Å². The van der Waals surface area contributed by atoms with Crippen LogP contribution in [0.5, 0.6) is 0 Å². The van der Waals surface area contributed by atoms with Crippen molar-refractivity contribution >= 4 is 0 Å². The molecule has 3 rings (SSSR count). The highest BCUT2D eigenvalue weighted by molar-refractivity contribution is 5.36. The van der Waals surface area contributed by atoms with E-state index in [9.17, 15) is 4.79 Å². The lowest BCUT2D eigenvalue weighted by Crippen LogP contribution is -2.25. The summed E-state index contributed by atoms with van der Waals surface area (Å²) in [5.41, 5.74) is 2.83. The summed E-state index contributed by atoms with van der Waals surface area (Å²) in [5, 5.41) is 0. The largest absolute Gasteiger partial charge is 0.306 e. The molecule has 1 atom stereocenters. The van der Waals surface area contributed by atoms with Crippen LogP contribution in [0.1, 0.15) is 42.6 Å². The van der Waals surface area contributed by atoms with Gasteiger partial charge in [-0.05, 0) is 50.5 Å². The molecular weight excluding hydrogens is 260 g/mol. The van der Waals surface area contributed by atoms with Crippen LogP contribution in [0.4, 0.5) is 0 Å². The summed E-state index contributed by atoms with van der Waals surface area (Å²) in [6.07, 6.45) is 5.90. The molecule has 0 aromatic carbocycles. The Labute approximate surface area is 124 Å². The second-order valence-corrected chi connectivity index (χ2v) is 5.59. The van der Waals surface area contributed by atoms with E-state index in [1.54, 1.807) is 23.0 Å². The summed E-state index contributed by atoms with van der Waals surface area (Å²) in [5.74, 6) is 6.87. The quantitative estimate of drug-likeness (QED) is 0.792. The molecule has 2 heterocycles. The highest BCUT2D eigenvalue weighted by Gasteiger charge is 2.18. The maximum absolute atomic E-state index is 12.4. The minimum atomic E-state index is -0.00839. The minimum absolute atomic E-state index is 0.000547. The number of aromatic nitrogens is 2. The van der Waals surface area contributed by atoms with E-state index in [0.29, 0.717) is 5.92 Å². The monoisotopic (exact) mass is 278 g/mol. The van der Waals surface area contributed by atoms with Gasteiger partial charge in [-0.25, -0.2) is 0 Å². The first kappa shape index (κ1) is 13.6. The SMILES string of the molecule is Cc1cc(C#CC2CC2)cc(=O)n1[C@H](C)c1ccncc1. The van der Waals surface area contributed by atoms with Crippen molar-refractivity contribution in [1.29, 1.82) is 0 Å². The molecule has 0 radical (unpaired) electrons. The smallest absolute Gasteiger partial charge is 0.252 e. The fourth-order valence-electron chi connectivity index (χ4n) is 2.49. The van der Waals surface area contributed by atoms with Crippen LogP contribution in [0, 0.1) is 24.7 Å². The van der Waals surface area contributed by atoms with Crippen molar-refractivity contribution in [2.75, 3.05) is 0 Å². The Balaban J connectivity index is 1.96. The molecule has 0 amide bonds. The zero-order valence-corrected chi connectivity index (χ0v) is 12.3. The third-order valence-corrected chi connectivity index (χ3v) is 3.83. The van der Waals surface area contributed by atoms with Gasteiger partial charge in [-0.3, -0.25) is 9.78 Å². The summed E-state index contributed by atoms with van der Waals surface area (Å²) in [4.78, 5) is 16.4. The Bertz CT molecular complexity index is 761. The average molecular weight is 278 g/mol. The molecule has 1 aliphatic carbocycles. The van der Waals surface area contributed by atoms with Gasteiger partial charge in [0.15, 0.2) is 0 Å². The maximum atomic E-state index is 12.4. The molecule has 2 aromatic rings. The summed E-state index contributed by atoms with van der Waals surface area (Å²) in [7, 11) is 0. The van der Waals surface area contributed by atoms with Gasteiger partial charge < -0.3 is 4.57 Å². The van der Waals surface area contributed by atoms with Crippen molar-refractivity contribution in [1.82, 2.24) is 9.55 Å². The maximum Gasteiger partial charge on any atom is 0.252 e. The highest BCUT2D eigenvalue weighted by atomic mass is 16.1. The van der Waals surface area contributed by atoms with Crippen molar-refractivity contribution in [2.24, 2.45) is 5.92 Å². The minimum Gasteiger partial charge on any atom is -0.306 e. The van der Waals surface area contributed by atoms with E-state index in [2.05, 4.69) is 16.8 Å². The molecule has 0 unspecified atom stereocenters. The molecule has 2 aromatic heterocycles. The number of pyridine rings is 2. The van der Waals surface area contributed by atoms with Crippen molar-refractivity contribution in [3.63, 3.8) is 0 Å². The predicted octanol–water partition coefficient (Wildman–Crippen LogP) is 2.92. The zero-order chi connectivity index (χ0) is 14.8. The van der Waals surface area contributed by atoms with Crippen molar-refractivity contribution in [2.45, 2.75) is 32.7 Å². The molecular formula is C18H18N2O. The molecule has 1 fully saturated rings. The normalized spacial score (nSPS) is 15.1. The van der Waals surface area contributed by atoms with E-state index in [-0.39, 0.29) is 11.6 Å². The lowest BCUT2D eigenvalue weighted by molar-refractivity contribution is 0.596. The summed E-state index contributed by atoms with van der Waals surface area (Å²) in [6.45, 7) is 3.99. The third-order valence-electron chi connectivity index (χ3n) is 3.83. The Morgan fingerprint density at radius 1 is 1.29 bits per heavy atom. The van der Waals surface area contributed by atoms with Crippen LogP contribution in [0.15, 0.2) is 41.5 Å². The molecule has 0 saturated heterocycles. The number of rotatable bonds is 2. The Morgan fingerprint density at radius 2 is 2.00 bits per heavy atom. The number of aryl methyl sites for hydroxylation is 1. The second-order valence-electron chi connectivity index (χ2n) is 5.59. The molecule has 0 N–H and O–H groups in total. The van der Waals surface area contributed by atoms with Crippen LogP contribution in [0.25, 0.3) is 0 Å². The summed E-state index contributed by atoms with van der Waals surface area (Å²) < 4.78 is 1.80. The van der Waals surface area contributed by atoms with Gasteiger partial charge in [-0.2, -0.15) is 0 Å². The first-order chi connectivity index (χ1) is 10.1. The lowest BCUT2D eigenvalue weighted by atomic mass is 10.1. The lowest BCUT2D eigenvalue weighted by Gasteiger charge is -2.18. The number of hydrogen-bond donors (Lipinski definition) is 0. The number of hydrogen-bond acceptors (Lipinski definition) is 2. The van der Waals surface area contributed by atoms with Crippen LogP contribution in [0.3, 0.4) is 0 Å². The Hall–Kier alpha value is -2.34. The molecule has 0 bridgehead atoms. The van der Waals surface area contributed by atoms with Crippen molar-refractivity contribution in [3.05, 3.63) is 63.8 Å². The van der Waals surface area contributed by atoms with E-state index in [1.165, 1.54) is 12.8 Å². The van der Waals surface area contributed by atoms with Gasteiger partial charge in [0.05, 0.1) is 6.04 Å². The van der Waals surface area contributed by atoms with E-state index < -0.39 is 0 Å². The van der Waals surface area contributed by atoms with Crippen molar-refractivity contribution < 1.29 is 0 Å². The van der Waals surface area contributed by atoms with Gasteiger partial charge >= 0.3 is 0 Å². The van der Waals surface area contributed by atoms with Crippen LogP contribution < -0.4 is 5.56 Å². The number of nitrogens with zero attached hydrogens (tertiary/aromatic N) is 2. The summed E-state index contributed by atoms with van der Waals surface area (Å²) in [6, 6.07) is 7.51. The average Bonchev–Trinajstić information content (AvgIpc) is 3.29. The molecule has 1 aliphatic rings. The molecule has 0 aliphatic heterocycles. The third kappa shape index (κ3) is 3.05. The Morgan fingerprint density at radius 3 is 2.62 bits per heavy atom. The summed E-state index contributed by atoms with van der Waals surface area (Å²) >= 11 is 0.